The lowest BCUT2D eigenvalue weighted by atomic mass is 10.1. The van der Waals surface area contributed by atoms with Crippen LogP contribution in [0.2, 0.25) is 0 Å². The second kappa shape index (κ2) is 6.45. The first-order valence-corrected chi connectivity index (χ1v) is 7.07. The van der Waals surface area contributed by atoms with Gasteiger partial charge in [0.05, 0.1) is 37.0 Å². The summed E-state index contributed by atoms with van der Waals surface area (Å²) in [6.45, 7) is 2.32. The standard InChI is InChI=1S/C14H17N3O3S/c1-8-16-6-10(21-8)7-17-14(18)11-4-9(19-2)5-12(20-3)13(11)15/h4-6H,7,15H2,1-3H3,(H,17,18). The number of methoxy groups -OCH3 is 2. The minimum absolute atomic E-state index is 0.282. The number of rotatable bonds is 5. The summed E-state index contributed by atoms with van der Waals surface area (Å²) in [6.07, 6.45) is 1.75. The van der Waals surface area contributed by atoms with E-state index >= 15 is 0 Å². The van der Waals surface area contributed by atoms with E-state index in [1.807, 2.05) is 6.92 Å². The smallest absolute Gasteiger partial charge is 0.253 e. The lowest BCUT2D eigenvalue weighted by Gasteiger charge is -2.12. The number of ether oxygens (including phenoxy) is 2. The Hall–Kier alpha value is -2.28. The summed E-state index contributed by atoms with van der Waals surface area (Å²) in [5.74, 6) is 0.642. The lowest BCUT2D eigenvalue weighted by molar-refractivity contribution is 0.0951. The Morgan fingerprint density at radius 2 is 2.14 bits per heavy atom. The number of aryl methyl sites for hydroxylation is 1. The Kier molecular flexibility index (Phi) is 4.64. The van der Waals surface area contributed by atoms with Crippen molar-refractivity contribution >= 4 is 22.9 Å². The highest BCUT2D eigenvalue weighted by Gasteiger charge is 2.16. The molecule has 0 spiro atoms. The van der Waals surface area contributed by atoms with Crippen LogP contribution in [0.3, 0.4) is 0 Å². The minimum atomic E-state index is -0.282. The maximum Gasteiger partial charge on any atom is 0.253 e. The van der Waals surface area contributed by atoms with Crippen LogP contribution in [0, 0.1) is 6.92 Å². The number of hydrogen-bond donors (Lipinski definition) is 2. The highest BCUT2D eigenvalue weighted by Crippen LogP contribution is 2.31. The average Bonchev–Trinajstić information content (AvgIpc) is 2.90. The predicted octanol–water partition coefficient (Wildman–Crippen LogP) is 1.98. The summed E-state index contributed by atoms with van der Waals surface area (Å²) in [6, 6.07) is 3.23. The van der Waals surface area contributed by atoms with Crippen LogP contribution in [0.1, 0.15) is 20.2 Å². The highest BCUT2D eigenvalue weighted by molar-refractivity contribution is 7.11. The molecular formula is C14H17N3O3S. The molecule has 2 rings (SSSR count). The summed E-state index contributed by atoms with van der Waals surface area (Å²) >= 11 is 1.54. The van der Waals surface area contributed by atoms with Crippen molar-refractivity contribution in [1.82, 2.24) is 10.3 Å². The second-order valence-corrected chi connectivity index (χ2v) is 5.64. The van der Waals surface area contributed by atoms with Crippen molar-refractivity contribution in [3.63, 3.8) is 0 Å². The molecule has 6 nitrogen and oxygen atoms in total. The molecule has 0 unspecified atom stereocenters. The normalized spacial score (nSPS) is 10.2. The first kappa shape index (κ1) is 15.1. The van der Waals surface area contributed by atoms with E-state index in [2.05, 4.69) is 10.3 Å². The van der Waals surface area contributed by atoms with Gasteiger partial charge in [-0.3, -0.25) is 4.79 Å². The van der Waals surface area contributed by atoms with Crippen LogP contribution in [0.25, 0.3) is 0 Å². The van der Waals surface area contributed by atoms with Crippen LogP contribution in [0.15, 0.2) is 18.3 Å². The largest absolute Gasteiger partial charge is 0.497 e. The van der Waals surface area contributed by atoms with E-state index in [1.165, 1.54) is 25.6 Å². The molecule has 2 aromatic rings. The molecule has 0 radical (unpaired) electrons. The number of carbonyl (C=O) groups is 1. The predicted molar refractivity (Wildman–Crippen MR) is 82.0 cm³/mol. The van der Waals surface area contributed by atoms with Crippen LogP contribution >= 0.6 is 11.3 Å². The molecule has 0 bridgehead atoms. The number of nitrogens with zero attached hydrogens (tertiary/aromatic N) is 1. The summed E-state index contributed by atoms with van der Waals surface area (Å²) in [7, 11) is 3.01. The first-order valence-electron chi connectivity index (χ1n) is 6.26. The number of thiazole rings is 1. The molecular weight excluding hydrogens is 290 g/mol. The molecule has 1 amide bonds. The van der Waals surface area contributed by atoms with Gasteiger partial charge >= 0.3 is 0 Å². The van der Waals surface area contributed by atoms with Gasteiger partial charge in [0.25, 0.3) is 5.91 Å². The summed E-state index contributed by atoms with van der Waals surface area (Å²) in [5.41, 5.74) is 6.55. The third-order valence-electron chi connectivity index (χ3n) is 2.91. The Bertz CT molecular complexity index is 655. The molecule has 0 aliphatic carbocycles. The molecule has 0 atom stereocenters. The van der Waals surface area contributed by atoms with Gasteiger partial charge in [-0.2, -0.15) is 0 Å². The fourth-order valence-electron chi connectivity index (χ4n) is 1.83. The van der Waals surface area contributed by atoms with Gasteiger partial charge in [0.1, 0.15) is 11.5 Å². The zero-order valence-corrected chi connectivity index (χ0v) is 12.9. The lowest BCUT2D eigenvalue weighted by Crippen LogP contribution is -2.23. The van der Waals surface area contributed by atoms with Crippen LogP contribution < -0.4 is 20.5 Å². The van der Waals surface area contributed by atoms with Crippen LogP contribution in [0.4, 0.5) is 5.69 Å². The van der Waals surface area contributed by atoms with Crippen LogP contribution in [-0.4, -0.2) is 25.1 Å². The summed E-state index contributed by atoms with van der Waals surface area (Å²) in [4.78, 5) is 17.4. The Labute approximate surface area is 126 Å². The van der Waals surface area contributed by atoms with Crippen LogP contribution in [-0.2, 0) is 6.54 Å². The van der Waals surface area contributed by atoms with Crippen molar-refractivity contribution in [3.8, 4) is 11.5 Å². The third-order valence-corrected chi connectivity index (χ3v) is 3.82. The number of nitrogens with one attached hydrogen (secondary N) is 1. The van der Waals surface area contributed by atoms with E-state index in [1.54, 1.807) is 18.3 Å². The van der Waals surface area contributed by atoms with Crippen LogP contribution in [0.5, 0.6) is 11.5 Å². The maximum atomic E-state index is 12.3. The van der Waals surface area contributed by atoms with E-state index in [4.69, 9.17) is 15.2 Å². The van der Waals surface area contributed by atoms with Crippen molar-refractivity contribution in [2.45, 2.75) is 13.5 Å². The summed E-state index contributed by atoms with van der Waals surface area (Å²) < 4.78 is 10.3. The fraction of sp³-hybridized carbons (Fsp3) is 0.286. The van der Waals surface area contributed by atoms with Gasteiger partial charge in [-0.1, -0.05) is 0 Å². The zero-order valence-electron chi connectivity index (χ0n) is 12.1. The SMILES string of the molecule is COc1cc(OC)c(N)c(C(=O)NCc2cnc(C)s2)c1. The number of hydrogen-bond acceptors (Lipinski definition) is 6. The Balaban J connectivity index is 2.18. The van der Waals surface area contributed by atoms with Crippen molar-refractivity contribution in [1.29, 1.82) is 0 Å². The number of carbonyl (C=O) groups excluding carboxylic acids is 1. The molecule has 1 heterocycles. The van der Waals surface area contributed by atoms with Crippen molar-refractivity contribution in [3.05, 3.63) is 33.8 Å². The second-order valence-electron chi connectivity index (χ2n) is 4.32. The quantitative estimate of drug-likeness (QED) is 0.825. The molecule has 21 heavy (non-hydrogen) atoms. The Morgan fingerprint density at radius 1 is 1.38 bits per heavy atom. The molecule has 112 valence electrons. The van der Waals surface area contributed by atoms with E-state index in [0.29, 0.717) is 23.6 Å². The number of nitrogen functional groups attached to an aromatic ring is 1. The molecule has 0 saturated heterocycles. The number of aromatic nitrogens is 1. The monoisotopic (exact) mass is 307 g/mol. The van der Waals surface area contributed by atoms with Crippen molar-refractivity contribution in [2.75, 3.05) is 20.0 Å². The van der Waals surface area contributed by atoms with E-state index in [9.17, 15) is 4.79 Å². The molecule has 0 fully saturated rings. The number of benzene rings is 1. The zero-order chi connectivity index (χ0) is 15.4. The fourth-order valence-corrected chi connectivity index (χ4v) is 2.56. The van der Waals surface area contributed by atoms with E-state index < -0.39 is 0 Å². The van der Waals surface area contributed by atoms with Gasteiger partial charge in [0, 0.05) is 17.1 Å². The number of anilines is 1. The van der Waals surface area contributed by atoms with E-state index in [-0.39, 0.29) is 11.6 Å². The molecule has 7 heteroatoms. The number of amides is 1. The maximum absolute atomic E-state index is 12.3. The first-order chi connectivity index (χ1) is 10.0. The summed E-state index contributed by atoms with van der Waals surface area (Å²) in [5, 5.41) is 3.77. The van der Waals surface area contributed by atoms with Gasteiger partial charge in [-0.15, -0.1) is 11.3 Å². The number of nitrogens with two attached hydrogens (primary N) is 1. The average molecular weight is 307 g/mol. The van der Waals surface area contributed by atoms with Gasteiger partial charge in [0.2, 0.25) is 0 Å². The van der Waals surface area contributed by atoms with Gasteiger partial charge in [-0.05, 0) is 13.0 Å². The van der Waals surface area contributed by atoms with Gasteiger partial charge in [-0.25, -0.2) is 4.98 Å². The van der Waals surface area contributed by atoms with Crippen molar-refractivity contribution < 1.29 is 14.3 Å². The van der Waals surface area contributed by atoms with Gasteiger partial charge in [0.15, 0.2) is 0 Å². The molecule has 0 aliphatic heterocycles. The van der Waals surface area contributed by atoms with Crippen molar-refractivity contribution in [2.24, 2.45) is 0 Å². The molecule has 0 saturated carbocycles. The molecule has 0 aliphatic rings. The molecule has 3 N–H and O–H groups in total. The minimum Gasteiger partial charge on any atom is -0.497 e. The van der Waals surface area contributed by atoms with E-state index in [0.717, 1.165) is 9.88 Å². The molecule has 1 aromatic carbocycles. The third kappa shape index (κ3) is 3.43. The Morgan fingerprint density at radius 3 is 2.71 bits per heavy atom. The highest BCUT2D eigenvalue weighted by atomic mass is 32.1. The van der Waals surface area contributed by atoms with Gasteiger partial charge < -0.3 is 20.5 Å². The topological polar surface area (TPSA) is 86.5 Å². The molecule has 1 aromatic heterocycles.